The summed E-state index contributed by atoms with van der Waals surface area (Å²) in [5.74, 6) is -0.786. The molecule has 0 aliphatic carbocycles. The molecule has 4 amide bonds. The van der Waals surface area contributed by atoms with Crippen molar-refractivity contribution in [3.05, 3.63) is 35.4 Å². The lowest BCUT2D eigenvalue weighted by Crippen LogP contribution is -2.51. The van der Waals surface area contributed by atoms with Crippen molar-refractivity contribution in [1.82, 2.24) is 15.7 Å². The Morgan fingerprint density at radius 1 is 1.17 bits per heavy atom. The van der Waals surface area contributed by atoms with Crippen molar-refractivity contribution in [3.63, 3.8) is 0 Å². The molecule has 0 fully saturated rings. The lowest BCUT2D eigenvalue weighted by Gasteiger charge is -2.34. The van der Waals surface area contributed by atoms with Crippen molar-refractivity contribution in [3.8, 4) is 0 Å². The number of primary amides is 1. The smallest absolute Gasteiger partial charge is 0.312 e. The number of aryl methyl sites for hydroxylation is 2. The van der Waals surface area contributed by atoms with Crippen LogP contribution >= 0.6 is 0 Å². The van der Waals surface area contributed by atoms with E-state index < -0.39 is 23.4 Å². The minimum Gasteiger partial charge on any atom is -0.352 e. The molecule has 1 aromatic carbocycles. The first-order valence-electron chi connectivity index (χ1n) is 9.88. The standard InChI is InChI=1S/C21H34N4O4/c1-15-8-10-16(11-9-15)12-13-21(2,3)19(27)25(4)17(18(26)24-29)7-5-6-14-23-20(22)28/h8-11,17,29H,5-7,12-14H2,1-4H3,(H,24,26)(H3,22,23,28). The molecule has 0 saturated heterocycles. The summed E-state index contributed by atoms with van der Waals surface area (Å²) in [5.41, 5.74) is 8.35. The van der Waals surface area contributed by atoms with E-state index in [0.29, 0.717) is 32.2 Å². The summed E-state index contributed by atoms with van der Waals surface area (Å²) < 4.78 is 0. The number of amides is 4. The summed E-state index contributed by atoms with van der Waals surface area (Å²) >= 11 is 0. The number of nitrogens with two attached hydrogens (primary N) is 1. The van der Waals surface area contributed by atoms with Crippen LogP contribution in [0.15, 0.2) is 24.3 Å². The molecule has 5 N–H and O–H groups in total. The number of hydrogen-bond acceptors (Lipinski definition) is 4. The van der Waals surface area contributed by atoms with Crippen LogP contribution in [0.5, 0.6) is 0 Å². The van der Waals surface area contributed by atoms with E-state index in [0.717, 1.165) is 12.0 Å². The van der Waals surface area contributed by atoms with Crippen molar-refractivity contribution >= 4 is 17.8 Å². The predicted molar refractivity (Wildman–Crippen MR) is 111 cm³/mol. The first kappa shape index (κ1) is 24.4. The molecular formula is C21H34N4O4. The van der Waals surface area contributed by atoms with Crippen LogP contribution in [0, 0.1) is 12.3 Å². The minimum atomic E-state index is -0.792. The maximum atomic E-state index is 13.1. The van der Waals surface area contributed by atoms with Gasteiger partial charge in [-0.1, -0.05) is 43.7 Å². The van der Waals surface area contributed by atoms with Gasteiger partial charge < -0.3 is 16.0 Å². The zero-order valence-corrected chi connectivity index (χ0v) is 17.8. The van der Waals surface area contributed by atoms with Gasteiger partial charge in [-0.2, -0.15) is 0 Å². The number of hydrogen-bond donors (Lipinski definition) is 4. The third kappa shape index (κ3) is 8.11. The molecule has 1 unspecified atom stereocenters. The zero-order valence-electron chi connectivity index (χ0n) is 17.8. The van der Waals surface area contributed by atoms with Crippen molar-refractivity contribution in [1.29, 1.82) is 0 Å². The second-order valence-corrected chi connectivity index (χ2v) is 8.06. The highest BCUT2D eigenvalue weighted by atomic mass is 16.5. The van der Waals surface area contributed by atoms with E-state index in [9.17, 15) is 14.4 Å². The van der Waals surface area contributed by atoms with Crippen LogP contribution in [0.3, 0.4) is 0 Å². The molecule has 0 spiro atoms. The van der Waals surface area contributed by atoms with Crippen molar-refractivity contribution < 1.29 is 19.6 Å². The van der Waals surface area contributed by atoms with Crippen LogP contribution in [-0.4, -0.2) is 47.6 Å². The lowest BCUT2D eigenvalue weighted by molar-refractivity contribution is -0.149. The van der Waals surface area contributed by atoms with Crippen molar-refractivity contribution in [2.24, 2.45) is 11.1 Å². The summed E-state index contributed by atoms with van der Waals surface area (Å²) in [6, 6.07) is 6.82. The van der Waals surface area contributed by atoms with Gasteiger partial charge in [0.15, 0.2) is 0 Å². The predicted octanol–water partition coefficient (Wildman–Crippen LogP) is 2.12. The number of nitrogens with zero attached hydrogens (tertiary/aromatic N) is 1. The quantitative estimate of drug-likeness (QED) is 0.255. The van der Waals surface area contributed by atoms with Crippen LogP contribution in [0.4, 0.5) is 4.79 Å². The molecule has 0 bridgehead atoms. The number of unbranched alkanes of at least 4 members (excludes halogenated alkanes) is 1. The van der Waals surface area contributed by atoms with Crippen LogP contribution in [0.25, 0.3) is 0 Å². The van der Waals surface area contributed by atoms with Crippen molar-refractivity contribution in [2.75, 3.05) is 13.6 Å². The number of urea groups is 1. The Kier molecular flexibility index (Phi) is 9.61. The van der Waals surface area contributed by atoms with Crippen LogP contribution < -0.4 is 16.5 Å². The SMILES string of the molecule is Cc1ccc(CCC(C)(C)C(=O)N(C)C(CCCCNC(N)=O)C(=O)NO)cc1. The van der Waals surface area contributed by atoms with E-state index in [1.807, 2.05) is 32.9 Å². The van der Waals surface area contributed by atoms with E-state index in [-0.39, 0.29) is 5.91 Å². The second kappa shape index (κ2) is 11.4. The molecule has 0 saturated carbocycles. The summed E-state index contributed by atoms with van der Waals surface area (Å²) in [6.07, 6.45) is 2.94. The van der Waals surface area contributed by atoms with Crippen LogP contribution in [-0.2, 0) is 16.0 Å². The van der Waals surface area contributed by atoms with Gasteiger partial charge in [0.1, 0.15) is 6.04 Å². The fraction of sp³-hybridized carbons (Fsp3) is 0.571. The van der Waals surface area contributed by atoms with Crippen molar-refractivity contribution in [2.45, 2.75) is 58.9 Å². The van der Waals surface area contributed by atoms with Gasteiger partial charge in [-0.15, -0.1) is 0 Å². The molecule has 0 heterocycles. The van der Waals surface area contributed by atoms with Gasteiger partial charge >= 0.3 is 6.03 Å². The molecule has 1 aromatic rings. The summed E-state index contributed by atoms with van der Waals surface area (Å²) in [5, 5.41) is 11.6. The van der Waals surface area contributed by atoms with E-state index in [2.05, 4.69) is 17.4 Å². The average Bonchev–Trinajstić information content (AvgIpc) is 2.68. The Labute approximate surface area is 172 Å². The van der Waals surface area contributed by atoms with Gasteiger partial charge in [-0.05, 0) is 44.6 Å². The summed E-state index contributed by atoms with van der Waals surface area (Å²) in [4.78, 5) is 37.3. The highest BCUT2D eigenvalue weighted by Gasteiger charge is 2.35. The molecule has 0 aliphatic rings. The fourth-order valence-corrected chi connectivity index (χ4v) is 3.19. The first-order chi connectivity index (χ1) is 13.6. The van der Waals surface area contributed by atoms with Gasteiger partial charge in [0.05, 0.1) is 0 Å². The third-order valence-corrected chi connectivity index (χ3v) is 5.14. The van der Waals surface area contributed by atoms with E-state index >= 15 is 0 Å². The van der Waals surface area contributed by atoms with Gasteiger partial charge in [-0.25, -0.2) is 10.3 Å². The number of carbonyl (C=O) groups is 3. The van der Waals surface area contributed by atoms with Crippen LogP contribution in [0.1, 0.15) is 50.7 Å². The molecule has 1 atom stereocenters. The summed E-state index contributed by atoms with van der Waals surface area (Å²) in [6.45, 7) is 6.15. The Morgan fingerprint density at radius 2 is 1.79 bits per heavy atom. The lowest BCUT2D eigenvalue weighted by atomic mass is 9.84. The first-order valence-corrected chi connectivity index (χ1v) is 9.88. The highest BCUT2D eigenvalue weighted by molar-refractivity contribution is 5.89. The molecule has 162 valence electrons. The van der Waals surface area contributed by atoms with Gasteiger partial charge in [-0.3, -0.25) is 14.8 Å². The largest absolute Gasteiger partial charge is 0.352 e. The Balaban J connectivity index is 2.70. The monoisotopic (exact) mass is 406 g/mol. The normalized spacial score (nSPS) is 12.2. The number of likely N-dealkylation sites (N-methyl/N-ethyl adjacent to an activating group) is 1. The van der Waals surface area contributed by atoms with Crippen LogP contribution in [0.2, 0.25) is 0 Å². The van der Waals surface area contributed by atoms with Gasteiger partial charge in [0.2, 0.25) is 5.91 Å². The Morgan fingerprint density at radius 3 is 2.34 bits per heavy atom. The topological polar surface area (TPSA) is 125 Å². The molecule has 0 aromatic heterocycles. The number of carbonyl (C=O) groups excluding carboxylic acids is 3. The second-order valence-electron chi connectivity index (χ2n) is 8.06. The molecule has 0 radical (unpaired) electrons. The molecule has 0 aliphatic heterocycles. The Bertz CT molecular complexity index is 688. The molecular weight excluding hydrogens is 372 g/mol. The zero-order chi connectivity index (χ0) is 22.0. The third-order valence-electron chi connectivity index (χ3n) is 5.14. The van der Waals surface area contributed by atoms with Gasteiger partial charge in [0, 0.05) is 19.0 Å². The molecule has 8 nitrogen and oxygen atoms in total. The summed E-state index contributed by atoms with van der Waals surface area (Å²) in [7, 11) is 1.58. The molecule has 8 heteroatoms. The fourth-order valence-electron chi connectivity index (χ4n) is 3.19. The van der Waals surface area contributed by atoms with E-state index in [1.54, 1.807) is 12.5 Å². The van der Waals surface area contributed by atoms with E-state index in [1.165, 1.54) is 10.5 Å². The number of hydroxylamine groups is 1. The Hall–Kier alpha value is -2.61. The number of benzene rings is 1. The van der Waals surface area contributed by atoms with E-state index in [4.69, 9.17) is 10.9 Å². The minimum absolute atomic E-state index is 0.159. The van der Waals surface area contributed by atoms with Gasteiger partial charge in [0.25, 0.3) is 5.91 Å². The highest BCUT2D eigenvalue weighted by Crippen LogP contribution is 2.27. The number of rotatable bonds is 11. The maximum absolute atomic E-state index is 13.1. The maximum Gasteiger partial charge on any atom is 0.312 e. The molecule has 29 heavy (non-hydrogen) atoms. The number of nitrogens with one attached hydrogen (secondary N) is 2. The average molecular weight is 407 g/mol. The molecule has 1 rings (SSSR count).